The number of H-pyrrole nitrogens is 1. The number of hydrogen-bond acceptors (Lipinski definition) is 19. The van der Waals surface area contributed by atoms with E-state index in [4.69, 9.17) is 9.88 Å². The number of hydrogen-bond donors (Lipinski definition) is 4. The Kier molecular flexibility index (Phi) is 39.3. The summed E-state index contributed by atoms with van der Waals surface area (Å²) >= 11 is 6.79. The van der Waals surface area contributed by atoms with Crippen molar-refractivity contribution in [3.63, 3.8) is 0 Å². The van der Waals surface area contributed by atoms with Crippen LogP contribution in [0.25, 0.3) is 84.5 Å². The van der Waals surface area contributed by atoms with E-state index in [1.54, 1.807) is 118 Å². The van der Waals surface area contributed by atoms with Crippen LogP contribution in [0, 0.1) is 27.7 Å². The van der Waals surface area contributed by atoms with Crippen molar-refractivity contribution in [2.24, 2.45) is 5.14 Å². The summed E-state index contributed by atoms with van der Waals surface area (Å²) in [4.78, 5) is 104. The monoisotopic (exact) mass is 2020 g/mol. The van der Waals surface area contributed by atoms with Gasteiger partial charge in [0.1, 0.15) is 0 Å². The minimum atomic E-state index is -4.00. The number of carboxylic acid groups (broad SMARTS) is 1. The number of fused-ring (bicyclic) bond motifs is 8. The van der Waals surface area contributed by atoms with Crippen LogP contribution in [0.3, 0.4) is 0 Å². The molecule has 732 valence electrons. The van der Waals surface area contributed by atoms with E-state index in [0.717, 1.165) is 110 Å². The van der Waals surface area contributed by atoms with Gasteiger partial charge in [0.05, 0.1) is 106 Å². The zero-order valence-electron chi connectivity index (χ0n) is 80.9. The number of primary sulfonamides is 1. The zero-order chi connectivity index (χ0) is 99.2. The number of carbonyl (C=O) groups is 4. The number of aryl methyl sites for hydroxylation is 4. The molecule has 0 saturated heterocycles. The first kappa shape index (κ1) is 109. The number of aromatic nitrogens is 8. The largest absolute Gasteiger partial charge is 1.00 e. The smallest absolute Gasteiger partial charge is 0.870 e. The summed E-state index contributed by atoms with van der Waals surface area (Å²) in [7, 11) is -7.50. The standard InChI is InChI=1S/C29H29N3O4S2.C25H28N2O3S.C23H24N2O3S.C17H14N2OS.C8H14O2.C6H7NO2S.Na.H2O/c1-3-10-22(17-27(33)30-38(35,36)23-12-5-4-6-13-23)32-25-15-8-7-14-24(25)31(29(32)34)18-21-19-37-26-16-9-11-20(2)28(21)26;1-4-9-19(14-23(28)30-5-2)27-21-12-7-6-11-20(21)26(25(27)29)15-18-16-31-22-13-8-10-17(3)24(18)22;1-3-7-17(12-21(26)27)25-19-10-5-4-9-18(19)24(23(25)28)13-16-14-29-20-11-6-8-15(2)22(16)20;1-11-5-4-8-15-16(11)12(10-21-15)9-19-14-7-3-2-6-13(14)18-17(19)20;1-3-5-6-7-8(9)10-4-2;7-10(8,9)6-4-2-1-3-5-6;;/h4-9,11-16,19,22H,3,10,17-18H2,1-2H3,(H,30,33);6-8,10-13,16,19H,4-5,9,14-15H2,1-3H3;4-6,8-11,14,17H,3,7,12-13H2,1-2H3,(H,26,27);2-8,10H,9H2,1H3,(H,18,20);6-7H,3-5H2,1-2H3;1-5H,(H2,7,8,9);;1H2/q;;;;;;+1;/p-1/b;;;;7-6+;;;. The molecule has 8 aromatic heterocycles. The maximum atomic E-state index is 13.9. The van der Waals surface area contributed by atoms with E-state index in [1.807, 2.05) is 132 Å². The van der Waals surface area contributed by atoms with E-state index in [-0.39, 0.29) is 111 Å². The van der Waals surface area contributed by atoms with Crippen LogP contribution in [0.2, 0.25) is 0 Å². The van der Waals surface area contributed by atoms with Gasteiger partial charge in [-0.1, -0.05) is 193 Å². The number of para-hydroxylation sites is 8. The third-order valence-electron chi connectivity index (χ3n) is 24.0. The maximum absolute atomic E-state index is 13.9. The first-order valence-electron chi connectivity index (χ1n) is 46.5. The van der Waals surface area contributed by atoms with E-state index in [2.05, 4.69) is 144 Å². The van der Waals surface area contributed by atoms with Crippen molar-refractivity contribution >= 4 is 174 Å². The Hall–Kier alpha value is -12.4. The molecule has 3 unspecified atom stereocenters. The van der Waals surface area contributed by atoms with Crippen molar-refractivity contribution in [3.05, 3.63) is 351 Å². The number of aliphatic carboxylic acids is 1. The normalized spacial score (nSPS) is 12.0. The maximum Gasteiger partial charge on any atom is 1.00 e. The number of nitrogens with zero attached hydrogens (tertiary/aromatic N) is 7. The fraction of sp³-hybridized carbons (Fsp3) is 0.278. The first-order chi connectivity index (χ1) is 67.0. The third-order valence-corrected chi connectivity index (χ3v) is 30.3. The number of imidazole rings is 4. The summed E-state index contributed by atoms with van der Waals surface area (Å²) in [6.45, 7) is 22.9. The number of sulfonamides is 2. The Morgan fingerprint density at radius 3 is 1.09 bits per heavy atom. The van der Waals surface area contributed by atoms with Gasteiger partial charge in [-0.3, -0.25) is 46.4 Å². The molecule has 26 nitrogen and oxygen atoms in total. The minimum absolute atomic E-state index is 0. The van der Waals surface area contributed by atoms with Crippen LogP contribution in [0.1, 0.15) is 175 Å². The number of rotatable bonds is 31. The molecule has 1 amide bonds. The van der Waals surface area contributed by atoms with Gasteiger partial charge < -0.3 is 25.0 Å². The van der Waals surface area contributed by atoms with E-state index in [1.165, 1.54) is 87.6 Å². The summed E-state index contributed by atoms with van der Waals surface area (Å²) in [5.74, 6) is -2.03. The van der Waals surface area contributed by atoms with Gasteiger partial charge in [-0.05, 0) is 230 Å². The number of ether oxygens (including phenoxy) is 2. The third kappa shape index (κ3) is 26.3. The Labute approximate surface area is 856 Å². The Morgan fingerprint density at radius 1 is 0.411 bits per heavy atom. The van der Waals surface area contributed by atoms with Gasteiger partial charge in [0, 0.05) is 71.0 Å². The van der Waals surface area contributed by atoms with E-state index < -0.39 is 38.0 Å². The molecule has 0 saturated carbocycles. The molecule has 0 spiro atoms. The van der Waals surface area contributed by atoms with E-state index >= 15 is 0 Å². The molecule has 0 fully saturated rings. The Balaban J connectivity index is 0.000000170. The van der Waals surface area contributed by atoms with Crippen molar-refractivity contribution < 1.29 is 85.6 Å². The first-order valence-corrected chi connectivity index (χ1v) is 53.0. The Morgan fingerprint density at radius 2 is 0.745 bits per heavy atom. The van der Waals surface area contributed by atoms with Gasteiger partial charge in [0.25, 0.3) is 10.0 Å². The number of esters is 2. The van der Waals surface area contributed by atoms with Crippen LogP contribution < -0.4 is 62.2 Å². The van der Waals surface area contributed by atoms with Gasteiger partial charge in [-0.2, -0.15) is 0 Å². The number of nitrogens with two attached hydrogens (primary N) is 1. The van der Waals surface area contributed by atoms with Gasteiger partial charge in [0.2, 0.25) is 15.9 Å². The number of nitrogens with one attached hydrogen (secondary N) is 2. The number of carboxylic acids is 1. The van der Waals surface area contributed by atoms with Crippen molar-refractivity contribution in [1.29, 1.82) is 0 Å². The molecule has 0 radical (unpaired) electrons. The quantitative estimate of drug-likeness (QED) is 0.0178. The average molecular weight is 2030 g/mol. The number of benzene rings is 10. The summed E-state index contributed by atoms with van der Waals surface area (Å²) in [6.07, 6.45) is 9.71. The van der Waals surface area contributed by atoms with E-state index in [0.29, 0.717) is 52.2 Å². The van der Waals surface area contributed by atoms with Gasteiger partial charge >= 0.3 is 70.2 Å². The number of allylic oxidation sites excluding steroid dienone is 1. The van der Waals surface area contributed by atoms with Crippen molar-refractivity contribution in [1.82, 2.24) is 41.7 Å². The molecule has 0 aliphatic rings. The predicted octanol–water partition coefficient (Wildman–Crippen LogP) is 19.4. The van der Waals surface area contributed by atoms with Crippen LogP contribution >= 0.6 is 45.3 Å². The summed E-state index contributed by atoms with van der Waals surface area (Å²) in [6, 6.07) is 70.6. The van der Waals surface area contributed by atoms with Crippen LogP contribution in [-0.4, -0.2) is 101 Å². The second-order valence-electron chi connectivity index (χ2n) is 33.8. The molecule has 6 N–H and O–H groups in total. The molecular weight excluding hydrogens is 1910 g/mol. The molecule has 0 bridgehead atoms. The number of unbranched alkanes of at least 4 members (excludes halogenated alkanes) is 1. The molecule has 8 heterocycles. The second kappa shape index (κ2) is 50.8. The molecular formula is C108H117N10NaO16S6. The fourth-order valence-electron chi connectivity index (χ4n) is 17.8. The van der Waals surface area contributed by atoms with Crippen molar-refractivity contribution in [2.45, 2.75) is 194 Å². The van der Waals surface area contributed by atoms with Crippen LogP contribution in [0.5, 0.6) is 0 Å². The number of aromatic amines is 1. The van der Waals surface area contributed by atoms with Crippen molar-refractivity contribution in [3.8, 4) is 0 Å². The number of amides is 1. The fourth-order valence-corrected chi connectivity index (χ4v) is 23.5. The molecule has 0 aliphatic carbocycles. The van der Waals surface area contributed by atoms with Crippen molar-refractivity contribution in [2.75, 3.05) is 13.2 Å². The van der Waals surface area contributed by atoms with Crippen LogP contribution in [0.4, 0.5) is 0 Å². The van der Waals surface area contributed by atoms with Gasteiger partial charge in [-0.25, -0.2) is 50.7 Å². The van der Waals surface area contributed by atoms with E-state index in [9.17, 15) is 60.3 Å². The molecule has 18 rings (SSSR count). The van der Waals surface area contributed by atoms with Gasteiger partial charge in [0.15, 0.2) is 0 Å². The zero-order valence-corrected chi connectivity index (χ0v) is 87.8. The second-order valence-corrected chi connectivity index (χ2v) is 40.7. The summed E-state index contributed by atoms with van der Waals surface area (Å²) in [5.41, 5.74) is 15.7. The molecule has 10 aromatic carbocycles. The Bertz CT molecular complexity index is 7930. The minimum Gasteiger partial charge on any atom is -0.870 e. The summed E-state index contributed by atoms with van der Waals surface area (Å²) < 4.78 is 75.9. The SMILES string of the molecule is CCC/C=C/C(=O)OCC.CCCC(CC(=O)NS(=O)(=O)c1ccccc1)n1c(=O)n(Cc2csc3cccc(C)c23)c2ccccc21.CCCC(CC(=O)O)n1c(=O)n(Cc2csc3cccc(C)c23)c2ccccc21.CCCC(CC(=O)OCC)n1c(=O)n(Cc2csc3cccc(C)c23)c2ccccc21.Cc1cccc2scc(Cn3c(=O)[nH]c4ccccc43)c12.NS(=O)(=O)c1ccccc1.[Na+].[OH-]. The topological polar surface area (TPSA) is 362 Å². The summed E-state index contributed by atoms with van der Waals surface area (Å²) in [5, 5.41) is 27.6. The number of carbonyl (C=O) groups excluding carboxylic acids is 3. The molecule has 18 aromatic rings. The average Bonchev–Trinajstić information content (AvgIpc) is 1.61. The molecule has 0 aliphatic heterocycles. The molecule has 33 heteroatoms. The van der Waals surface area contributed by atoms with Gasteiger partial charge in [-0.15, -0.1) is 45.3 Å². The number of thiophene rings is 4. The predicted molar refractivity (Wildman–Crippen MR) is 566 cm³/mol. The molecule has 3 atom stereocenters. The van der Waals surface area contributed by atoms with Crippen LogP contribution in [-0.2, 0) is 74.9 Å². The molecule has 141 heavy (non-hydrogen) atoms. The van der Waals surface area contributed by atoms with Crippen LogP contribution in [0.15, 0.2) is 293 Å².